The van der Waals surface area contributed by atoms with Gasteiger partial charge in [0.15, 0.2) is 5.82 Å². The van der Waals surface area contributed by atoms with Crippen LogP contribution >= 0.6 is 0 Å². The van der Waals surface area contributed by atoms with Gasteiger partial charge in [-0.05, 0) is 58.4 Å². The molecule has 8 aromatic rings. The fraction of sp³-hybridized carbons (Fsp3) is 0.130. The van der Waals surface area contributed by atoms with E-state index in [2.05, 4.69) is 149 Å². The molecule has 242 valence electrons. The topological polar surface area (TPSA) is 51.6 Å². The Hall–Kier alpha value is -6.00. The van der Waals surface area contributed by atoms with Crippen LogP contribution in [-0.4, -0.2) is 19.9 Å². The number of rotatable bonds is 7. The van der Waals surface area contributed by atoms with Gasteiger partial charge in [-0.15, -0.1) is 0 Å². The molecule has 5 aromatic carbocycles. The molecule has 0 aliphatic heterocycles. The molecule has 0 atom stereocenters. The molecule has 3 heterocycles. The van der Waals surface area contributed by atoms with Crippen molar-refractivity contribution in [3.05, 3.63) is 157 Å². The van der Waals surface area contributed by atoms with Crippen molar-refractivity contribution in [2.45, 2.75) is 39.5 Å². The van der Waals surface area contributed by atoms with Gasteiger partial charge >= 0.3 is 0 Å². The van der Waals surface area contributed by atoms with Gasteiger partial charge in [-0.2, -0.15) is 0 Å². The molecule has 0 aliphatic carbocycles. The van der Waals surface area contributed by atoms with E-state index in [4.69, 9.17) is 19.9 Å². The van der Waals surface area contributed by atoms with Crippen molar-refractivity contribution < 1.29 is 0 Å². The molecule has 8 rings (SSSR count). The minimum atomic E-state index is 0.260. The van der Waals surface area contributed by atoms with Gasteiger partial charge in [-0.3, -0.25) is 9.97 Å². The van der Waals surface area contributed by atoms with Crippen molar-refractivity contribution >= 4 is 21.8 Å². The van der Waals surface area contributed by atoms with Gasteiger partial charge < -0.3 is 0 Å². The lowest BCUT2D eigenvalue weighted by molar-refractivity contribution is 0.826. The Bertz CT molecular complexity index is 2470. The highest BCUT2D eigenvalue weighted by molar-refractivity contribution is 6.08. The summed E-state index contributed by atoms with van der Waals surface area (Å²) in [4.78, 5) is 20.5. The summed E-state index contributed by atoms with van der Waals surface area (Å²) in [6.07, 6.45) is 0. The second kappa shape index (κ2) is 13.1. The van der Waals surface area contributed by atoms with E-state index in [1.807, 2.05) is 24.3 Å². The molecule has 0 amide bonds. The molecule has 0 bridgehead atoms. The third-order valence-electron chi connectivity index (χ3n) is 9.38. The zero-order valence-corrected chi connectivity index (χ0v) is 28.8. The lowest BCUT2D eigenvalue weighted by Crippen LogP contribution is -1.99. The van der Waals surface area contributed by atoms with Crippen molar-refractivity contribution in [3.63, 3.8) is 0 Å². The third-order valence-corrected chi connectivity index (χ3v) is 9.38. The molecule has 0 N–H and O–H groups in total. The molecule has 0 saturated heterocycles. The molecule has 0 aliphatic rings. The van der Waals surface area contributed by atoms with E-state index in [-0.39, 0.29) is 5.92 Å². The highest BCUT2D eigenvalue weighted by Crippen LogP contribution is 2.37. The first-order chi connectivity index (χ1) is 24.4. The van der Waals surface area contributed by atoms with Gasteiger partial charge in [0.05, 0.1) is 22.4 Å². The predicted octanol–water partition coefficient (Wildman–Crippen LogP) is 12.2. The Morgan fingerprint density at radius 2 is 0.940 bits per heavy atom. The van der Waals surface area contributed by atoms with Crippen LogP contribution in [0.3, 0.4) is 0 Å². The lowest BCUT2D eigenvalue weighted by atomic mass is 9.94. The molecular weight excluding hydrogens is 609 g/mol. The van der Waals surface area contributed by atoms with E-state index in [0.717, 1.165) is 72.4 Å². The second-order valence-corrected chi connectivity index (χ2v) is 13.5. The van der Waals surface area contributed by atoms with E-state index < -0.39 is 0 Å². The zero-order valence-electron chi connectivity index (χ0n) is 28.8. The normalized spacial score (nSPS) is 11.6. The Morgan fingerprint density at radius 1 is 0.380 bits per heavy atom. The first kappa shape index (κ1) is 31.3. The van der Waals surface area contributed by atoms with Crippen molar-refractivity contribution in [2.24, 2.45) is 0 Å². The van der Waals surface area contributed by atoms with E-state index >= 15 is 0 Å². The summed E-state index contributed by atoms with van der Waals surface area (Å²) in [7, 11) is 0. The van der Waals surface area contributed by atoms with Crippen molar-refractivity contribution in [1.82, 2.24) is 19.9 Å². The number of fused-ring (bicyclic) bond motifs is 3. The standard InChI is InChI=1S/C46H38N4/c1-29(2)40-25-23-34-22-24-38-39(27-41(30(3)4)48-45(38)44(34)47-40)36-16-11-17-37(26-36)43-28-42(49-46(50-43)35-14-9-6-10-15-35)33-20-18-32(19-21-33)31-12-7-5-8-13-31/h5-30H,1-4H3. The van der Waals surface area contributed by atoms with Gasteiger partial charge in [-0.25, -0.2) is 9.97 Å². The van der Waals surface area contributed by atoms with E-state index in [1.165, 1.54) is 11.1 Å². The number of aromatic nitrogens is 4. The molecular formula is C46H38N4. The number of benzene rings is 5. The molecule has 0 saturated carbocycles. The number of pyridine rings is 2. The molecule has 50 heavy (non-hydrogen) atoms. The van der Waals surface area contributed by atoms with Crippen molar-refractivity contribution in [3.8, 4) is 56.2 Å². The second-order valence-electron chi connectivity index (χ2n) is 13.5. The number of hydrogen-bond acceptors (Lipinski definition) is 4. The predicted molar refractivity (Wildman–Crippen MR) is 208 cm³/mol. The Labute approximate surface area is 293 Å². The summed E-state index contributed by atoms with van der Waals surface area (Å²) >= 11 is 0. The average Bonchev–Trinajstić information content (AvgIpc) is 3.17. The maximum Gasteiger partial charge on any atom is 0.160 e. The first-order valence-electron chi connectivity index (χ1n) is 17.4. The minimum Gasteiger partial charge on any atom is -0.250 e. The smallest absolute Gasteiger partial charge is 0.160 e. The summed E-state index contributed by atoms with van der Waals surface area (Å²) in [5.74, 6) is 1.29. The van der Waals surface area contributed by atoms with Gasteiger partial charge in [0.2, 0.25) is 0 Å². The monoisotopic (exact) mass is 646 g/mol. The van der Waals surface area contributed by atoms with Crippen LogP contribution in [0.1, 0.15) is 50.9 Å². The summed E-state index contributed by atoms with van der Waals surface area (Å²) in [5.41, 5.74) is 13.5. The quantitative estimate of drug-likeness (QED) is 0.162. The van der Waals surface area contributed by atoms with E-state index in [1.54, 1.807) is 0 Å². The zero-order chi connectivity index (χ0) is 34.2. The molecule has 0 fully saturated rings. The largest absolute Gasteiger partial charge is 0.250 e. The van der Waals surface area contributed by atoms with Crippen LogP contribution in [0.4, 0.5) is 0 Å². The SMILES string of the molecule is CC(C)c1ccc2ccc3c(-c4cccc(-c5cc(-c6ccc(-c7ccccc7)cc6)nc(-c6ccccc6)n5)c4)cc(C(C)C)nc3c2n1. The third kappa shape index (κ3) is 6.05. The van der Waals surface area contributed by atoms with Crippen LogP contribution in [0.25, 0.3) is 78.0 Å². The highest BCUT2D eigenvalue weighted by Gasteiger charge is 2.17. The van der Waals surface area contributed by atoms with Crippen LogP contribution < -0.4 is 0 Å². The van der Waals surface area contributed by atoms with Crippen LogP contribution in [0.2, 0.25) is 0 Å². The van der Waals surface area contributed by atoms with Gasteiger partial charge in [0.1, 0.15) is 0 Å². The summed E-state index contributed by atoms with van der Waals surface area (Å²) < 4.78 is 0. The fourth-order valence-corrected chi connectivity index (χ4v) is 6.53. The number of hydrogen-bond donors (Lipinski definition) is 0. The fourth-order valence-electron chi connectivity index (χ4n) is 6.53. The van der Waals surface area contributed by atoms with Gasteiger partial charge in [0.25, 0.3) is 0 Å². The Balaban J connectivity index is 1.28. The number of nitrogens with zero attached hydrogens (tertiary/aromatic N) is 4. The van der Waals surface area contributed by atoms with Crippen molar-refractivity contribution in [1.29, 1.82) is 0 Å². The average molecular weight is 647 g/mol. The van der Waals surface area contributed by atoms with Crippen LogP contribution in [-0.2, 0) is 0 Å². The lowest BCUT2D eigenvalue weighted by Gasteiger charge is -2.15. The minimum absolute atomic E-state index is 0.260. The molecule has 4 heteroatoms. The van der Waals surface area contributed by atoms with Crippen LogP contribution in [0, 0.1) is 0 Å². The summed E-state index contributed by atoms with van der Waals surface area (Å²) in [6, 6.07) is 51.0. The maximum absolute atomic E-state index is 5.20. The summed E-state index contributed by atoms with van der Waals surface area (Å²) in [6.45, 7) is 8.77. The Morgan fingerprint density at radius 3 is 1.64 bits per heavy atom. The highest BCUT2D eigenvalue weighted by atomic mass is 14.9. The summed E-state index contributed by atoms with van der Waals surface area (Å²) in [5, 5.41) is 2.20. The molecule has 3 aromatic heterocycles. The Kier molecular flexibility index (Phi) is 8.22. The van der Waals surface area contributed by atoms with Gasteiger partial charge in [-0.1, -0.05) is 149 Å². The molecule has 4 nitrogen and oxygen atoms in total. The van der Waals surface area contributed by atoms with E-state index in [9.17, 15) is 0 Å². The molecule has 0 radical (unpaired) electrons. The first-order valence-corrected chi connectivity index (χ1v) is 17.4. The van der Waals surface area contributed by atoms with E-state index in [0.29, 0.717) is 11.7 Å². The van der Waals surface area contributed by atoms with Crippen LogP contribution in [0.15, 0.2) is 146 Å². The van der Waals surface area contributed by atoms with Gasteiger partial charge in [0, 0.05) is 38.9 Å². The van der Waals surface area contributed by atoms with Crippen molar-refractivity contribution in [2.75, 3.05) is 0 Å². The maximum atomic E-state index is 5.20. The van der Waals surface area contributed by atoms with Crippen LogP contribution in [0.5, 0.6) is 0 Å². The molecule has 0 unspecified atom stereocenters. The molecule has 0 spiro atoms.